The molecule has 0 saturated heterocycles. The van der Waals surface area contributed by atoms with Crippen molar-refractivity contribution in [2.75, 3.05) is 14.1 Å². The molecule has 0 aliphatic carbocycles. The molecular formula is C9H15N3OS. The molecule has 0 fully saturated rings. The van der Waals surface area contributed by atoms with Crippen molar-refractivity contribution < 1.29 is 4.79 Å². The van der Waals surface area contributed by atoms with Crippen molar-refractivity contribution in [3.05, 3.63) is 30.3 Å². The van der Waals surface area contributed by atoms with Gasteiger partial charge in [0.1, 0.15) is 0 Å². The summed E-state index contributed by atoms with van der Waals surface area (Å²) in [6.45, 7) is 0. The van der Waals surface area contributed by atoms with E-state index in [4.69, 9.17) is 5.73 Å². The molecule has 0 radical (unpaired) electrons. The minimum atomic E-state index is -0.529. The van der Waals surface area contributed by atoms with Crippen LogP contribution in [-0.4, -0.2) is 20.1 Å². The van der Waals surface area contributed by atoms with Gasteiger partial charge in [0, 0.05) is 4.90 Å². The zero-order valence-electron chi connectivity index (χ0n) is 8.28. The van der Waals surface area contributed by atoms with Crippen LogP contribution in [0.5, 0.6) is 0 Å². The van der Waals surface area contributed by atoms with E-state index < -0.39 is 6.03 Å². The fourth-order valence-electron chi connectivity index (χ4n) is 0.598. The summed E-state index contributed by atoms with van der Waals surface area (Å²) in [6.07, 6.45) is 0. The number of amides is 2. The van der Waals surface area contributed by atoms with E-state index in [-0.39, 0.29) is 0 Å². The van der Waals surface area contributed by atoms with Crippen LogP contribution in [0.3, 0.4) is 0 Å². The highest BCUT2D eigenvalue weighted by Gasteiger charge is 1.92. The number of hydrogen-bond acceptors (Lipinski definition) is 3. The predicted octanol–water partition coefficient (Wildman–Crippen LogP) is 1.20. The molecule has 0 saturated carbocycles. The topological polar surface area (TPSA) is 67.1 Å². The third-order valence-electron chi connectivity index (χ3n) is 1.01. The van der Waals surface area contributed by atoms with Gasteiger partial charge in [0.2, 0.25) is 0 Å². The molecule has 1 rings (SSSR count). The Hall–Kier alpha value is -1.20. The number of primary amides is 1. The van der Waals surface area contributed by atoms with Crippen LogP contribution in [-0.2, 0) is 0 Å². The van der Waals surface area contributed by atoms with Crippen molar-refractivity contribution in [2.24, 2.45) is 5.73 Å². The van der Waals surface area contributed by atoms with Gasteiger partial charge in [0.25, 0.3) is 0 Å². The fraction of sp³-hybridized carbons (Fsp3) is 0.222. The highest BCUT2D eigenvalue weighted by Crippen LogP contribution is 2.11. The zero-order chi connectivity index (χ0) is 10.8. The van der Waals surface area contributed by atoms with Crippen LogP contribution in [0.15, 0.2) is 35.2 Å². The molecule has 2 amide bonds. The van der Waals surface area contributed by atoms with Gasteiger partial charge in [-0.3, -0.25) is 4.72 Å². The quantitative estimate of drug-likeness (QED) is 0.647. The van der Waals surface area contributed by atoms with Gasteiger partial charge in [0.15, 0.2) is 0 Å². The van der Waals surface area contributed by atoms with E-state index in [0.717, 1.165) is 4.90 Å². The van der Waals surface area contributed by atoms with Crippen LogP contribution in [0, 0.1) is 0 Å². The van der Waals surface area contributed by atoms with Crippen molar-refractivity contribution >= 4 is 18.0 Å². The molecule has 0 unspecified atom stereocenters. The van der Waals surface area contributed by atoms with Crippen LogP contribution in [0.1, 0.15) is 0 Å². The van der Waals surface area contributed by atoms with Crippen LogP contribution in [0.25, 0.3) is 0 Å². The predicted molar refractivity (Wildman–Crippen MR) is 60.0 cm³/mol. The number of hydrogen-bond donors (Lipinski definition) is 3. The molecule has 0 aromatic heterocycles. The molecule has 0 heterocycles. The Bertz CT molecular complexity index is 253. The largest absolute Gasteiger partial charge is 0.351 e. The first-order valence-corrected chi connectivity index (χ1v) is 4.88. The van der Waals surface area contributed by atoms with Crippen molar-refractivity contribution in [2.45, 2.75) is 4.90 Å². The van der Waals surface area contributed by atoms with Crippen LogP contribution >= 0.6 is 11.9 Å². The molecule has 0 spiro atoms. The lowest BCUT2D eigenvalue weighted by Crippen LogP contribution is -2.22. The Kier molecular flexibility index (Phi) is 7.68. The Morgan fingerprint density at radius 1 is 1.29 bits per heavy atom. The van der Waals surface area contributed by atoms with Crippen molar-refractivity contribution in [3.8, 4) is 0 Å². The monoisotopic (exact) mass is 213 g/mol. The highest BCUT2D eigenvalue weighted by molar-refractivity contribution is 7.98. The SMILES string of the molecule is CNC.NC(=O)NSc1ccccc1. The van der Waals surface area contributed by atoms with Crippen LogP contribution < -0.4 is 15.8 Å². The Morgan fingerprint density at radius 2 is 1.79 bits per heavy atom. The zero-order valence-corrected chi connectivity index (χ0v) is 9.10. The molecule has 4 N–H and O–H groups in total. The maximum atomic E-state index is 10.3. The maximum Gasteiger partial charge on any atom is 0.322 e. The van der Waals surface area contributed by atoms with E-state index in [2.05, 4.69) is 10.0 Å². The average molecular weight is 213 g/mol. The third-order valence-corrected chi connectivity index (χ3v) is 1.82. The molecule has 14 heavy (non-hydrogen) atoms. The van der Waals surface area contributed by atoms with E-state index in [0.29, 0.717) is 0 Å². The molecule has 78 valence electrons. The molecule has 0 bridgehead atoms. The van der Waals surface area contributed by atoms with Crippen LogP contribution in [0.2, 0.25) is 0 Å². The van der Waals surface area contributed by atoms with E-state index >= 15 is 0 Å². The maximum absolute atomic E-state index is 10.3. The second kappa shape index (κ2) is 8.40. The summed E-state index contributed by atoms with van der Waals surface area (Å²) in [7, 11) is 3.75. The van der Waals surface area contributed by atoms with E-state index in [1.807, 2.05) is 44.4 Å². The second-order valence-corrected chi connectivity index (χ2v) is 3.26. The average Bonchev–Trinajstić information content (AvgIpc) is 2.18. The summed E-state index contributed by atoms with van der Waals surface area (Å²) in [6, 6.07) is 8.95. The van der Waals surface area contributed by atoms with Crippen molar-refractivity contribution in [1.82, 2.24) is 10.0 Å². The summed E-state index contributed by atoms with van der Waals surface area (Å²) in [5.41, 5.74) is 4.87. The summed E-state index contributed by atoms with van der Waals surface area (Å²) in [5, 5.41) is 2.75. The number of urea groups is 1. The first-order valence-electron chi connectivity index (χ1n) is 4.06. The lowest BCUT2D eigenvalue weighted by Gasteiger charge is -1.98. The minimum Gasteiger partial charge on any atom is -0.351 e. The number of nitrogens with two attached hydrogens (primary N) is 1. The smallest absolute Gasteiger partial charge is 0.322 e. The first kappa shape index (κ1) is 12.8. The van der Waals surface area contributed by atoms with Gasteiger partial charge in [-0.1, -0.05) is 18.2 Å². The Morgan fingerprint density at radius 3 is 2.21 bits per heavy atom. The highest BCUT2D eigenvalue weighted by atomic mass is 32.2. The normalized spacial score (nSPS) is 8.43. The first-order chi connectivity index (χ1) is 6.70. The van der Waals surface area contributed by atoms with Gasteiger partial charge in [-0.05, 0) is 38.2 Å². The molecular weight excluding hydrogens is 198 g/mol. The third kappa shape index (κ3) is 7.45. The van der Waals surface area contributed by atoms with E-state index in [1.165, 1.54) is 11.9 Å². The van der Waals surface area contributed by atoms with Gasteiger partial charge in [0.05, 0.1) is 0 Å². The summed E-state index contributed by atoms with van der Waals surface area (Å²) in [4.78, 5) is 11.2. The van der Waals surface area contributed by atoms with Crippen LogP contribution in [0.4, 0.5) is 4.79 Å². The van der Waals surface area contributed by atoms with E-state index in [1.54, 1.807) is 0 Å². The molecule has 0 atom stereocenters. The lowest BCUT2D eigenvalue weighted by molar-refractivity contribution is 0.254. The Labute approximate surface area is 88.4 Å². The standard InChI is InChI=1S/C7H8N2OS.C2H7N/c8-7(10)9-11-6-4-2-1-3-5-6;1-3-2/h1-5H,(H3,8,9,10);3H,1-2H3. The van der Waals surface area contributed by atoms with Crippen molar-refractivity contribution in [1.29, 1.82) is 0 Å². The second-order valence-electron chi connectivity index (χ2n) is 2.38. The molecule has 0 aliphatic rings. The summed E-state index contributed by atoms with van der Waals surface area (Å²) in [5.74, 6) is 0. The van der Waals surface area contributed by atoms with Gasteiger partial charge in [-0.2, -0.15) is 0 Å². The summed E-state index contributed by atoms with van der Waals surface area (Å²) >= 11 is 1.20. The number of benzene rings is 1. The number of carbonyl (C=O) groups is 1. The van der Waals surface area contributed by atoms with Gasteiger partial charge < -0.3 is 11.1 Å². The summed E-state index contributed by atoms with van der Waals surface area (Å²) < 4.78 is 2.42. The lowest BCUT2D eigenvalue weighted by atomic mass is 10.4. The van der Waals surface area contributed by atoms with Crippen molar-refractivity contribution in [3.63, 3.8) is 0 Å². The number of carbonyl (C=O) groups excluding carboxylic acids is 1. The molecule has 1 aromatic rings. The van der Waals surface area contributed by atoms with E-state index in [9.17, 15) is 4.79 Å². The number of rotatable bonds is 2. The van der Waals surface area contributed by atoms with Gasteiger partial charge in [-0.15, -0.1) is 0 Å². The molecule has 5 heteroatoms. The van der Waals surface area contributed by atoms with Gasteiger partial charge >= 0.3 is 6.03 Å². The molecule has 1 aromatic carbocycles. The fourth-order valence-corrected chi connectivity index (χ4v) is 1.11. The number of nitrogens with one attached hydrogen (secondary N) is 2. The molecule has 4 nitrogen and oxygen atoms in total. The van der Waals surface area contributed by atoms with Gasteiger partial charge in [-0.25, -0.2) is 4.79 Å². The Balaban J connectivity index is 0.000000500. The minimum absolute atomic E-state index is 0.529. The molecule has 0 aliphatic heterocycles.